The zero-order chi connectivity index (χ0) is 18.6. The molecule has 142 valence electrons. The number of ether oxygens (including phenoxy) is 2. The van der Waals surface area contributed by atoms with Gasteiger partial charge in [-0.1, -0.05) is 19.6 Å². The summed E-state index contributed by atoms with van der Waals surface area (Å²) in [5, 5.41) is 3.24. The average Bonchev–Trinajstić information content (AvgIpc) is 2.41. The first kappa shape index (κ1) is 23.0. The Labute approximate surface area is 144 Å². The Morgan fingerprint density at radius 2 is 1.88 bits per heavy atom. The smallest absolute Gasteiger partial charge is 0.372 e. The van der Waals surface area contributed by atoms with Crippen molar-refractivity contribution in [3.05, 3.63) is 24.4 Å². The van der Waals surface area contributed by atoms with Crippen LogP contribution in [0.5, 0.6) is 0 Å². The summed E-state index contributed by atoms with van der Waals surface area (Å²) in [7, 11) is 0. The molecule has 0 aromatic carbocycles. The summed E-state index contributed by atoms with van der Waals surface area (Å²) in [4.78, 5) is 0. The van der Waals surface area contributed by atoms with Crippen LogP contribution in [-0.2, 0) is 9.47 Å². The molecule has 0 aliphatic rings. The molecule has 0 aromatic rings. The third-order valence-corrected chi connectivity index (χ3v) is 3.28. The molecular formula is C18H32F3NO2. The molecule has 0 unspecified atom stereocenters. The minimum absolute atomic E-state index is 0.150. The van der Waals surface area contributed by atoms with Gasteiger partial charge in [0, 0.05) is 12.3 Å². The first-order chi connectivity index (χ1) is 11.0. The Morgan fingerprint density at radius 1 is 1.21 bits per heavy atom. The number of nitrogens with one attached hydrogen (secondary N) is 1. The van der Waals surface area contributed by atoms with Gasteiger partial charge < -0.3 is 14.8 Å². The number of hydrogen-bond donors (Lipinski definition) is 1. The van der Waals surface area contributed by atoms with Crippen molar-refractivity contribution in [3.8, 4) is 0 Å². The second-order valence-corrected chi connectivity index (χ2v) is 6.96. The molecular weight excluding hydrogens is 319 g/mol. The molecule has 0 saturated heterocycles. The van der Waals surface area contributed by atoms with Crippen LogP contribution in [0, 0.1) is 5.92 Å². The molecule has 3 nitrogen and oxygen atoms in total. The lowest BCUT2D eigenvalue weighted by Gasteiger charge is -2.21. The van der Waals surface area contributed by atoms with Crippen molar-refractivity contribution in [1.82, 2.24) is 5.32 Å². The van der Waals surface area contributed by atoms with Gasteiger partial charge in [0.05, 0.1) is 5.60 Å². The molecule has 0 bridgehead atoms. The summed E-state index contributed by atoms with van der Waals surface area (Å²) in [5.41, 5.74) is 0.852. The highest BCUT2D eigenvalue weighted by Gasteiger charge is 2.27. The summed E-state index contributed by atoms with van der Waals surface area (Å²) < 4.78 is 46.1. The van der Waals surface area contributed by atoms with Gasteiger partial charge in [-0.3, -0.25) is 0 Å². The number of allylic oxidation sites excluding steroid dienone is 3. The molecule has 0 aromatic heterocycles. The van der Waals surface area contributed by atoms with Gasteiger partial charge in [0.25, 0.3) is 0 Å². The number of rotatable bonds is 12. The minimum Gasteiger partial charge on any atom is -0.372 e. The monoisotopic (exact) mass is 351 g/mol. The molecule has 0 saturated carbocycles. The van der Waals surface area contributed by atoms with Crippen molar-refractivity contribution in [2.75, 3.05) is 19.9 Å². The van der Waals surface area contributed by atoms with Gasteiger partial charge in [0.2, 0.25) is 0 Å². The second-order valence-electron chi connectivity index (χ2n) is 6.96. The van der Waals surface area contributed by atoms with Gasteiger partial charge in [-0.25, -0.2) is 0 Å². The van der Waals surface area contributed by atoms with Gasteiger partial charge in [-0.05, 0) is 58.4 Å². The van der Waals surface area contributed by atoms with E-state index in [1.165, 1.54) is 0 Å². The molecule has 6 heteroatoms. The Kier molecular flexibility index (Phi) is 11.0. The predicted octanol–water partition coefficient (Wildman–Crippen LogP) is 5.19. The molecule has 0 amide bonds. The van der Waals surface area contributed by atoms with E-state index in [0.29, 0.717) is 19.1 Å². The molecule has 0 aliphatic heterocycles. The molecule has 24 heavy (non-hydrogen) atoms. The van der Waals surface area contributed by atoms with Crippen molar-refractivity contribution in [2.45, 2.75) is 65.2 Å². The van der Waals surface area contributed by atoms with E-state index in [1.807, 2.05) is 26.8 Å². The third-order valence-electron chi connectivity index (χ3n) is 3.28. The summed E-state index contributed by atoms with van der Waals surface area (Å²) in [5.74, 6) is 0.415. The third kappa shape index (κ3) is 15.9. The van der Waals surface area contributed by atoms with Crippen molar-refractivity contribution < 1.29 is 22.6 Å². The SMILES string of the molecule is C=C/C=C(\CC[C@H](C)CCCOCC(F)(F)F)NCOC(C)(C)C. The van der Waals surface area contributed by atoms with Gasteiger partial charge in [-0.15, -0.1) is 0 Å². The normalized spacial score (nSPS) is 14.5. The van der Waals surface area contributed by atoms with Gasteiger partial charge >= 0.3 is 6.18 Å². The average molecular weight is 351 g/mol. The fourth-order valence-corrected chi connectivity index (χ4v) is 1.99. The van der Waals surface area contributed by atoms with E-state index in [2.05, 4.69) is 23.6 Å². The lowest BCUT2D eigenvalue weighted by atomic mass is 9.99. The van der Waals surface area contributed by atoms with E-state index in [0.717, 1.165) is 25.0 Å². The predicted molar refractivity (Wildman–Crippen MR) is 91.6 cm³/mol. The van der Waals surface area contributed by atoms with Crippen molar-refractivity contribution in [2.24, 2.45) is 5.92 Å². The lowest BCUT2D eigenvalue weighted by Crippen LogP contribution is -2.27. The van der Waals surface area contributed by atoms with Crippen LogP contribution in [0.15, 0.2) is 24.4 Å². The van der Waals surface area contributed by atoms with Gasteiger partial charge in [-0.2, -0.15) is 13.2 Å². The molecule has 0 rings (SSSR count). The van der Waals surface area contributed by atoms with E-state index < -0.39 is 12.8 Å². The Morgan fingerprint density at radius 3 is 2.42 bits per heavy atom. The van der Waals surface area contributed by atoms with Crippen molar-refractivity contribution in [1.29, 1.82) is 0 Å². The van der Waals surface area contributed by atoms with Crippen LogP contribution in [0.1, 0.15) is 53.4 Å². The molecule has 0 radical (unpaired) electrons. The van der Waals surface area contributed by atoms with E-state index in [1.54, 1.807) is 6.08 Å². The fourth-order valence-electron chi connectivity index (χ4n) is 1.99. The van der Waals surface area contributed by atoms with Crippen LogP contribution in [0.2, 0.25) is 0 Å². The van der Waals surface area contributed by atoms with Crippen molar-refractivity contribution >= 4 is 0 Å². The molecule has 0 aliphatic carbocycles. The Balaban J connectivity index is 3.92. The zero-order valence-corrected chi connectivity index (χ0v) is 15.3. The zero-order valence-electron chi connectivity index (χ0n) is 15.3. The molecule has 1 N–H and O–H groups in total. The number of hydrogen-bond acceptors (Lipinski definition) is 3. The topological polar surface area (TPSA) is 30.5 Å². The lowest BCUT2D eigenvalue weighted by molar-refractivity contribution is -0.174. The highest BCUT2D eigenvalue weighted by atomic mass is 19.4. The Hall–Kier alpha value is -1.01. The highest BCUT2D eigenvalue weighted by molar-refractivity contribution is 5.08. The summed E-state index contributed by atoms with van der Waals surface area (Å²) >= 11 is 0. The summed E-state index contributed by atoms with van der Waals surface area (Å²) in [6.45, 7) is 11.2. The first-order valence-electron chi connectivity index (χ1n) is 8.37. The standard InChI is InChI=1S/C18H32F3NO2/c1-6-8-16(22-14-24-17(3,4)5)11-10-15(2)9-7-12-23-13-18(19,20)21/h6,8,15,22H,1,7,9-14H2,2-5H3/b16-8+/t15-/m1/s1. The van der Waals surface area contributed by atoms with Crippen LogP contribution in [0.3, 0.4) is 0 Å². The molecule has 0 spiro atoms. The summed E-state index contributed by atoms with van der Waals surface area (Å²) in [6.07, 6.45) is 2.69. The number of alkyl halides is 3. The minimum atomic E-state index is -4.24. The molecule has 0 heterocycles. The maximum Gasteiger partial charge on any atom is 0.411 e. The molecule has 0 fully saturated rings. The maximum atomic E-state index is 11.9. The maximum absolute atomic E-state index is 11.9. The van der Waals surface area contributed by atoms with Crippen LogP contribution in [-0.4, -0.2) is 31.7 Å². The van der Waals surface area contributed by atoms with E-state index >= 15 is 0 Å². The van der Waals surface area contributed by atoms with E-state index in [-0.39, 0.29) is 12.2 Å². The first-order valence-corrected chi connectivity index (χ1v) is 8.37. The van der Waals surface area contributed by atoms with Crippen molar-refractivity contribution in [3.63, 3.8) is 0 Å². The Bertz CT molecular complexity index is 373. The fraction of sp³-hybridized carbons (Fsp3) is 0.778. The summed E-state index contributed by atoms with van der Waals surface area (Å²) in [6, 6.07) is 0. The molecule has 1 atom stereocenters. The number of halogens is 3. The van der Waals surface area contributed by atoms with Crippen LogP contribution >= 0.6 is 0 Å². The van der Waals surface area contributed by atoms with Gasteiger partial charge in [0.1, 0.15) is 13.3 Å². The van der Waals surface area contributed by atoms with Crippen LogP contribution in [0.4, 0.5) is 13.2 Å². The quantitative estimate of drug-likeness (QED) is 0.298. The highest BCUT2D eigenvalue weighted by Crippen LogP contribution is 2.18. The van der Waals surface area contributed by atoms with Crippen LogP contribution in [0.25, 0.3) is 0 Å². The van der Waals surface area contributed by atoms with E-state index in [9.17, 15) is 13.2 Å². The van der Waals surface area contributed by atoms with Gasteiger partial charge in [0.15, 0.2) is 0 Å². The van der Waals surface area contributed by atoms with Crippen LogP contribution < -0.4 is 5.32 Å². The largest absolute Gasteiger partial charge is 0.411 e. The second kappa shape index (κ2) is 11.5. The van der Waals surface area contributed by atoms with E-state index in [4.69, 9.17) is 4.74 Å².